The highest BCUT2D eigenvalue weighted by molar-refractivity contribution is 7.47. The van der Waals surface area contributed by atoms with Crippen LogP contribution in [0.3, 0.4) is 0 Å². The minimum atomic E-state index is -4.64. The maximum Gasteiger partial charge on any atom is 0.472 e. The average Bonchev–Trinajstić information content (AvgIpc) is 3.16. The van der Waals surface area contributed by atoms with Gasteiger partial charge < -0.3 is 24.6 Å². The van der Waals surface area contributed by atoms with Crippen LogP contribution in [0.5, 0.6) is 0 Å². The Bertz CT molecular complexity index is 1080. The summed E-state index contributed by atoms with van der Waals surface area (Å²) in [6.45, 7) is 2.25. The van der Waals surface area contributed by atoms with Crippen molar-refractivity contribution in [1.29, 1.82) is 0 Å². The van der Waals surface area contributed by atoms with Gasteiger partial charge in [0.2, 0.25) is 0 Å². The molecule has 0 aliphatic rings. The van der Waals surface area contributed by atoms with Crippen molar-refractivity contribution in [3.05, 3.63) is 60.8 Å². The molecule has 10 nitrogen and oxygen atoms in total. The van der Waals surface area contributed by atoms with Gasteiger partial charge in [0, 0.05) is 12.8 Å². The number of rotatable bonds is 38. The van der Waals surface area contributed by atoms with Crippen molar-refractivity contribution in [3.8, 4) is 0 Å². The largest absolute Gasteiger partial charge is 0.472 e. The van der Waals surface area contributed by atoms with E-state index in [1.165, 1.54) is 70.6 Å². The van der Waals surface area contributed by atoms with Crippen LogP contribution in [0.1, 0.15) is 162 Å². The lowest BCUT2D eigenvalue weighted by Crippen LogP contribution is -2.29. The highest BCUT2D eigenvalue weighted by Gasteiger charge is 2.27. The fourth-order valence-corrected chi connectivity index (χ4v) is 6.01. The fraction of sp³-hybridized carbons (Fsp3) is 0.721. The number of ether oxygens (including phenoxy) is 2. The standard InChI is InChI=1S/C43H75O10P/c1-3-5-7-9-11-13-15-17-18-19-20-21-23-24-26-28-30-32-34-42(46)50-38-41(39-52-54(48,49)51-37-40(45)36-44)53-43(47)35-33-31-29-27-25-22-16-14-12-10-8-6-4-2/h15,17-22,25,29,31,40-41,44-45H,3-14,16,23-24,26-28,30,32-39H2,1-2H3,(H,48,49)/b17-15+,19-18+,21-20+,25-22+,31-29+/t40-,41?/m1/s1. The number of phosphoric acid groups is 1. The predicted octanol–water partition coefficient (Wildman–Crippen LogP) is 10.7. The molecule has 0 saturated heterocycles. The van der Waals surface area contributed by atoms with E-state index in [1.807, 2.05) is 12.2 Å². The Hall–Kier alpha value is -2.33. The number of aliphatic hydroxyl groups is 2. The van der Waals surface area contributed by atoms with Crippen molar-refractivity contribution in [3.63, 3.8) is 0 Å². The third-order valence-corrected chi connectivity index (χ3v) is 9.42. The zero-order valence-electron chi connectivity index (χ0n) is 33.7. The molecule has 11 heteroatoms. The first kappa shape index (κ1) is 51.7. The molecule has 0 amide bonds. The van der Waals surface area contributed by atoms with Crippen LogP contribution in [0.25, 0.3) is 0 Å². The summed E-state index contributed by atoms with van der Waals surface area (Å²) in [6, 6.07) is 0. The van der Waals surface area contributed by atoms with Gasteiger partial charge in [-0.1, -0.05) is 152 Å². The topological polar surface area (TPSA) is 149 Å². The molecule has 0 aliphatic heterocycles. The third kappa shape index (κ3) is 38.0. The van der Waals surface area contributed by atoms with E-state index in [9.17, 15) is 24.2 Å². The molecule has 0 rings (SSSR count). The summed E-state index contributed by atoms with van der Waals surface area (Å²) in [5.74, 6) is -1.03. The van der Waals surface area contributed by atoms with Crippen molar-refractivity contribution >= 4 is 19.8 Å². The smallest absolute Gasteiger partial charge is 0.462 e. The van der Waals surface area contributed by atoms with Gasteiger partial charge in [-0.15, -0.1) is 0 Å². The number of esters is 2. The van der Waals surface area contributed by atoms with Crippen molar-refractivity contribution < 1.29 is 47.8 Å². The van der Waals surface area contributed by atoms with Gasteiger partial charge in [-0.05, 0) is 57.8 Å². The van der Waals surface area contributed by atoms with Gasteiger partial charge in [0.25, 0.3) is 0 Å². The molecule has 0 bridgehead atoms. The lowest BCUT2D eigenvalue weighted by atomic mass is 10.1. The van der Waals surface area contributed by atoms with Gasteiger partial charge in [-0.2, -0.15) is 0 Å². The molecule has 312 valence electrons. The lowest BCUT2D eigenvalue weighted by Gasteiger charge is -2.20. The molecule has 0 aromatic rings. The van der Waals surface area contributed by atoms with Crippen LogP contribution in [0, 0.1) is 0 Å². The molecule has 3 N–H and O–H groups in total. The third-order valence-electron chi connectivity index (χ3n) is 8.47. The monoisotopic (exact) mass is 783 g/mol. The SMILES string of the molecule is CCCCCCC/C=C/C=C/C=C/CCCCCCCC(=O)OCC(COP(=O)(O)OC[C@H](O)CO)OC(=O)CC/C=C/C/C=C/CCCCCCCC. The van der Waals surface area contributed by atoms with Crippen LogP contribution >= 0.6 is 7.82 Å². The van der Waals surface area contributed by atoms with Crippen LogP contribution in [0.4, 0.5) is 0 Å². The van der Waals surface area contributed by atoms with Crippen LogP contribution < -0.4 is 0 Å². The molecule has 0 aromatic heterocycles. The Morgan fingerprint density at radius 1 is 0.574 bits per heavy atom. The number of hydrogen-bond donors (Lipinski definition) is 3. The van der Waals surface area contributed by atoms with Crippen molar-refractivity contribution in [2.24, 2.45) is 0 Å². The van der Waals surface area contributed by atoms with E-state index in [-0.39, 0.29) is 19.4 Å². The number of unbranched alkanes of at least 4 members (excludes halogenated alkanes) is 16. The molecule has 0 radical (unpaired) electrons. The first-order valence-corrected chi connectivity index (χ1v) is 22.3. The minimum Gasteiger partial charge on any atom is -0.462 e. The van der Waals surface area contributed by atoms with Gasteiger partial charge in [0.1, 0.15) is 12.7 Å². The lowest BCUT2D eigenvalue weighted by molar-refractivity contribution is -0.161. The number of allylic oxidation sites excluding steroid dienone is 10. The number of phosphoric ester groups is 1. The molecule has 54 heavy (non-hydrogen) atoms. The van der Waals surface area contributed by atoms with E-state index < -0.39 is 51.8 Å². The van der Waals surface area contributed by atoms with Crippen LogP contribution in [0.2, 0.25) is 0 Å². The highest BCUT2D eigenvalue weighted by Crippen LogP contribution is 2.43. The Balaban J connectivity index is 4.43. The van der Waals surface area contributed by atoms with Gasteiger partial charge in [-0.25, -0.2) is 4.57 Å². The van der Waals surface area contributed by atoms with Crippen LogP contribution in [0.15, 0.2) is 60.8 Å². The van der Waals surface area contributed by atoms with E-state index in [0.29, 0.717) is 12.8 Å². The van der Waals surface area contributed by atoms with E-state index in [2.05, 4.69) is 67.0 Å². The normalized spacial score (nSPS) is 14.5. The Morgan fingerprint density at radius 3 is 1.65 bits per heavy atom. The number of aliphatic hydroxyl groups excluding tert-OH is 2. The van der Waals surface area contributed by atoms with E-state index in [0.717, 1.165) is 51.4 Å². The summed E-state index contributed by atoms with van der Waals surface area (Å²) in [5.41, 5.74) is 0. The summed E-state index contributed by atoms with van der Waals surface area (Å²) < 4.78 is 32.5. The Labute approximate surface area is 327 Å². The second kappa shape index (κ2) is 38.9. The van der Waals surface area contributed by atoms with Gasteiger partial charge in [0.15, 0.2) is 6.10 Å². The van der Waals surface area contributed by atoms with Gasteiger partial charge in [0.05, 0.1) is 19.8 Å². The van der Waals surface area contributed by atoms with Gasteiger partial charge >= 0.3 is 19.8 Å². The zero-order chi connectivity index (χ0) is 39.8. The molecule has 0 saturated carbocycles. The van der Waals surface area contributed by atoms with Crippen molar-refractivity contribution in [1.82, 2.24) is 0 Å². The molecule has 0 aliphatic carbocycles. The number of carbonyl (C=O) groups is 2. The van der Waals surface area contributed by atoms with Gasteiger partial charge in [-0.3, -0.25) is 18.6 Å². The maximum absolute atomic E-state index is 12.5. The fourth-order valence-electron chi connectivity index (χ4n) is 5.22. The first-order valence-electron chi connectivity index (χ1n) is 20.8. The van der Waals surface area contributed by atoms with E-state index in [4.69, 9.17) is 19.1 Å². The van der Waals surface area contributed by atoms with Crippen LogP contribution in [-0.2, 0) is 32.7 Å². The molecular formula is C43H75O10P. The number of hydrogen-bond acceptors (Lipinski definition) is 9. The maximum atomic E-state index is 12.5. The van der Waals surface area contributed by atoms with Crippen molar-refractivity contribution in [2.75, 3.05) is 26.4 Å². The summed E-state index contributed by atoms with van der Waals surface area (Å²) >= 11 is 0. The quantitative estimate of drug-likeness (QED) is 0.0182. The minimum absolute atomic E-state index is 0.0710. The molecular weight excluding hydrogens is 707 g/mol. The summed E-state index contributed by atoms with van der Waals surface area (Å²) in [4.78, 5) is 34.9. The van der Waals surface area contributed by atoms with E-state index in [1.54, 1.807) is 0 Å². The predicted molar refractivity (Wildman–Crippen MR) is 219 cm³/mol. The molecule has 3 atom stereocenters. The Morgan fingerprint density at radius 2 is 1.07 bits per heavy atom. The Kier molecular flexibility index (Phi) is 37.2. The second-order valence-corrected chi connectivity index (χ2v) is 15.2. The average molecular weight is 783 g/mol. The molecule has 0 fully saturated rings. The first-order chi connectivity index (χ1) is 26.2. The van der Waals surface area contributed by atoms with Crippen molar-refractivity contribution in [2.45, 2.75) is 174 Å². The zero-order valence-corrected chi connectivity index (χ0v) is 34.6. The second-order valence-electron chi connectivity index (χ2n) is 13.7. The summed E-state index contributed by atoms with van der Waals surface area (Å²) in [6.07, 6.45) is 42.0. The number of carbonyl (C=O) groups excluding carboxylic acids is 2. The van der Waals surface area contributed by atoms with Crippen LogP contribution in [-0.4, -0.2) is 65.7 Å². The molecule has 2 unspecified atom stereocenters. The molecule has 0 aromatic carbocycles. The molecule has 0 spiro atoms. The molecule has 0 heterocycles. The summed E-state index contributed by atoms with van der Waals surface area (Å²) in [7, 11) is -4.64. The highest BCUT2D eigenvalue weighted by atomic mass is 31.2. The van der Waals surface area contributed by atoms with E-state index >= 15 is 0 Å². The summed E-state index contributed by atoms with van der Waals surface area (Å²) in [5, 5.41) is 18.3.